The summed E-state index contributed by atoms with van der Waals surface area (Å²) < 4.78 is 16.1. The number of carbonyl (C=O) groups is 1. The number of fused-ring (bicyclic) bond motifs is 1. The highest BCUT2D eigenvalue weighted by Gasteiger charge is 2.12. The van der Waals surface area contributed by atoms with E-state index < -0.39 is 0 Å². The van der Waals surface area contributed by atoms with E-state index in [1.54, 1.807) is 43.5 Å². The number of hydrogen-bond acceptors (Lipinski definition) is 8. The summed E-state index contributed by atoms with van der Waals surface area (Å²) in [6.07, 6.45) is 1.66. The van der Waals surface area contributed by atoms with Crippen LogP contribution in [0.1, 0.15) is 17.3 Å². The average Bonchev–Trinajstić information content (AvgIpc) is 2.75. The fourth-order valence-electron chi connectivity index (χ4n) is 2.79. The highest BCUT2D eigenvalue weighted by atomic mass is 16.6. The number of benzene rings is 2. The SMILES string of the molecule is CCOC(=O)c1ccc(Nc2nccc(Nc3ccc4c(c3)OCCO4)n2)cc1. The molecule has 2 N–H and O–H groups in total. The lowest BCUT2D eigenvalue weighted by Gasteiger charge is -2.19. The molecule has 0 atom stereocenters. The van der Waals surface area contributed by atoms with E-state index >= 15 is 0 Å². The fraction of sp³-hybridized carbons (Fsp3) is 0.190. The Balaban J connectivity index is 1.44. The Morgan fingerprint density at radius 1 is 1.00 bits per heavy atom. The molecule has 8 nitrogen and oxygen atoms in total. The van der Waals surface area contributed by atoms with E-state index in [9.17, 15) is 4.79 Å². The highest BCUT2D eigenvalue weighted by molar-refractivity contribution is 5.89. The zero-order chi connectivity index (χ0) is 20.1. The van der Waals surface area contributed by atoms with Crippen molar-refractivity contribution in [3.05, 3.63) is 60.3 Å². The van der Waals surface area contributed by atoms with Crippen LogP contribution < -0.4 is 20.1 Å². The van der Waals surface area contributed by atoms with Gasteiger partial charge in [0.25, 0.3) is 0 Å². The van der Waals surface area contributed by atoms with Crippen molar-refractivity contribution in [1.29, 1.82) is 0 Å². The Labute approximate surface area is 167 Å². The number of hydrogen-bond donors (Lipinski definition) is 2. The topological polar surface area (TPSA) is 94.6 Å². The quantitative estimate of drug-likeness (QED) is 0.610. The van der Waals surface area contributed by atoms with Crippen molar-refractivity contribution >= 4 is 29.1 Å². The third kappa shape index (κ3) is 4.55. The number of ether oxygens (including phenoxy) is 3. The number of esters is 1. The minimum atomic E-state index is -0.346. The maximum Gasteiger partial charge on any atom is 0.338 e. The number of rotatable bonds is 6. The second kappa shape index (κ2) is 8.47. The maximum atomic E-state index is 11.7. The van der Waals surface area contributed by atoms with E-state index in [0.717, 1.165) is 17.1 Å². The number of aromatic nitrogens is 2. The monoisotopic (exact) mass is 392 g/mol. The molecule has 0 saturated heterocycles. The van der Waals surface area contributed by atoms with Gasteiger partial charge >= 0.3 is 5.97 Å². The lowest BCUT2D eigenvalue weighted by Crippen LogP contribution is -2.15. The molecule has 1 aliphatic heterocycles. The van der Waals surface area contributed by atoms with E-state index in [0.29, 0.717) is 42.9 Å². The van der Waals surface area contributed by atoms with Gasteiger partial charge in [0.15, 0.2) is 11.5 Å². The Morgan fingerprint density at radius 3 is 2.55 bits per heavy atom. The highest BCUT2D eigenvalue weighted by Crippen LogP contribution is 2.33. The Morgan fingerprint density at radius 2 is 1.76 bits per heavy atom. The molecule has 1 aliphatic rings. The van der Waals surface area contributed by atoms with Crippen LogP contribution >= 0.6 is 0 Å². The van der Waals surface area contributed by atoms with Crippen molar-refractivity contribution in [2.75, 3.05) is 30.5 Å². The molecule has 0 spiro atoms. The zero-order valence-corrected chi connectivity index (χ0v) is 15.8. The molecule has 0 fully saturated rings. The van der Waals surface area contributed by atoms with Gasteiger partial charge in [0.1, 0.15) is 19.0 Å². The molecule has 2 aromatic carbocycles. The van der Waals surface area contributed by atoms with Gasteiger partial charge in [-0.2, -0.15) is 4.98 Å². The average molecular weight is 392 g/mol. The first-order valence-corrected chi connectivity index (χ1v) is 9.25. The summed E-state index contributed by atoms with van der Waals surface area (Å²) in [7, 11) is 0. The number of anilines is 4. The molecule has 2 heterocycles. The Hall–Kier alpha value is -3.81. The van der Waals surface area contributed by atoms with Crippen LogP contribution in [0, 0.1) is 0 Å². The summed E-state index contributed by atoms with van der Waals surface area (Å²) in [6, 6.07) is 14.3. The molecule has 0 bridgehead atoms. The molecule has 29 heavy (non-hydrogen) atoms. The van der Waals surface area contributed by atoms with Crippen LogP contribution in [-0.2, 0) is 4.74 Å². The van der Waals surface area contributed by atoms with E-state index in [1.165, 1.54) is 0 Å². The molecule has 4 rings (SSSR count). The van der Waals surface area contributed by atoms with Gasteiger partial charge in [-0.05, 0) is 49.4 Å². The molecule has 8 heteroatoms. The molecule has 3 aromatic rings. The Kier molecular flexibility index (Phi) is 5.42. The molecule has 0 radical (unpaired) electrons. The summed E-state index contributed by atoms with van der Waals surface area (Å²) in [5.74, 6) is 2.15. The van der Waals surface area contributed by atoms with Crippen molar-refractivity contribution < 1.29 is 19.0 Å². The van der Waals surface area contributed by atoms with Crippen LogP contribution in [-0.4, -0.2) is 35.8 Å². The molecule has 1 aromatic heterocycles. The third-order valence-corrected chi connectivity index (χ3v) is 4.12. The Bertz CT molecular complexity index is 1010. The van der Waals surface area contributed by atoms with E-state index in [-0.39, 0.29) is 5.97 Å². The number of carbonyl (C=O) groups excluding carboxylic acids is 1. The molecule has 0 amide bonds. The standard InChI is InChI=1S/C21H20N4O4/c1-2-27-20(26)14-3-5-15(6-4-14)24-21-22-10-9-19(25-21)23-16-7-8-17-18(13-16)29-12-11-28-17/h3-10,13H,2,11-12H2,1H3,(H2,22,23,24,25). The first-order valence-electron chi connectivity index (χ1n) is 9.25. The largest absolute Gasteiger partial charge is 0.486 e. The van der Waals surface area contributed by atoms with Crippen LogP contribution in [0.15, 0.2) is 54.7 Å². The summed E-state index contributed by atoms with van der Waals surface area (Å²) in [6.45, 7) is 3.21. The van der Waals surface area contributed by atoms with Gasteiger partial charge in [0.05, 0.1) is 12.2 Å². The minimum absolute atomic E-state index is 0.343. The molecule has 0 unspecified atom stereocenters. The normalized spacial score (nSPS) is 12.2. The predicted octanol–water partition coefficient (Wildman–Crippen LogP) is 3.91. The van der Waals surface area contributed by atoms with Crippen molar-refractivity contribution in [1.82, 2.24) is 9.97 Å². The van der Waals surface area contributed by atoms with Crippen LogP contribution in [0.25, 0.3) is 0 Å². The predicted molar refractivity (Wildman–Crippen MR) is 108 cm³/mol. The van der Waals surface area contributed by atoms with E-state index in [2.05, 4.69) is 20.6 Å². The van der Waals surface area contributed by atoms with Gasteiger partial charge in [-0.25, -0.2) is 9.78 Å². The first-order chi connectivity index (χ1) is 14.2. The summed E-state index contributed by atoms with van der Waals surface area (Å²) in [5.41, 5.74) is 2.08. The maximum absolute atomic E-state index is 11.7. The first kappa shape index (κ1) is 18.5. The second-order valence-corrected chi connectivity index (χ2v) is 6.17. The number of nitrogens with one attached hydrogen (secondary N) is 2. The summed E-state index contributed by atoms with van der Waals surface area (Å²) in [4.78, 5) is 20.4. The van der Waals surface area contributed by atoms with E-state index in [4.69, 9.17) is 14.2 Å². The van der Waals surface area contributed by atoms with Crippen molar-refractivity contribution in [3.8, 4) is 11.5 Å². The fourth-order valence-corrected chi connectivity index (χ4v) is 2.79. The zero-order valence-electron chi connectivity index (χ0n) is 15.8. The molecule has 0 aliphatic carbocycles. The van der Waals surface area contributed by atoms with Gasteiger partial charge in [0, 0.05) is 23.6 Å². The molecular formula is C21H20N4O4. The van der Waals surface area contributed by atoms with E-state index in [1.807, 2.05) is 18.2 Å². The second-order valence-electron chi connectivity index (χ2n) is 6.17. The van der Waals surface area contributed by atoms with Gasteiger partial charge < -0.3 is 24.8 Å². The lowest BCUT2D eigenvalue weighted by molar-refractivity contribution is 0.0526. The van der Waals surface area contributed by atoms with Crippen molar-refractivity contribution in [2.24, 2.45) is 0 Å². The van der Waals surface area contributed by atoms with Crippen molar-refractivity contribution in [2.45, 2.75) is 6.92 Å². The van der Waals surface area contributed by atoms with Crippen LogP contribution in [0.2, 0.25) is 0 Å². The molecular weight excluding hydrogens is 372 g/mol. The summed E-state index contributed by atoms with van der Waals surface area (Å²) >= 11 is 0. The molecule has 0 saturated carbocycles. The van der Waals surface area contributed by atoms with Crippen LogP contribution in [0.4, 0.5) is 23.1 Å². The van der Waals surface area contributed by atoms with Crippen molar-refractivity contribution in [3.63, 3.8) is 0 Å². The summed E-state index contributed by atoms with van der Waals surface area (Å²) in [5, 5.41) is 6.35. The molecule has 148 valence electrons. The third-order valence-electron chi connectivity index (χ3n) is 4.12. The van der Waals surface area contributed by atoms with Gasteiger partial charge in [-0.1, -0.05) is 0 Å². The lowest BCUT2D eigenvalue weighted by atomic mass is 10.2. The van der Waals surface area contributed by atoms with Crippen LogP contribution in [0.3, 0.4) is 0 Å². The van der Waals surface area contributed by atoms with Gasteiger partial charge in [0.2, 0.25) is 5.95 Å². The van der Waals surface area contributed by atoms with Gasteiger partial charge in [-0.3, -0.25) is 0 Å². The minimum Gasteiger partial charge on any atom is -0.486 e. The van der Waals surface area contributed by atoms with Gasteiger partial charge in [-0.15, -0.1) is 0 Å². The smallest absolute Gasteiger partial charge is 0.338 e. The van der Waals surface area contributed by atoms with Crippen LogP contribution in [0.5, 0.6) is 11.5 Å². The number of nitrogens with zero attached hydrogens (tertiary/aromatic N) is 2.